The van der Waals surface area contributed by atoms with Gasteiger partial charge in [0.1, 0.15) is 5.52 Å². The summed E-state index contributed by atoms with van der Waals surface area (Å²) in [5.41, 5.74) is 10.2. The molecule has 2 heterocycles. The quantitative estimate of drug-likeness (QED) is 0.255. The number of fused-ring (bicyclic) bond motifs is 2. The summed E-state index contributed by atoms with van der Waals surface area (Å²) in [6, 6.07) is 45.8. The van der Waals surface area contributed by atoms with Gasteiger partial charge < -0.3 is 4.42 Å². The average Bonchev–Trinajstić information content (AvgIpc) is 3.42. The third-order valence-corrected chi connectivity index (χ3v) is 6.70. The fraction of sp³-hybridized carbons (Fsp3) is 0. The van der Waals surface area contributed by atoms with Gasteiger partial charge in [0.25, 0.3) is 0 Å². The van der Waals surface area contributed by atoms with Crippen LogP contribution < -0.4 is 0 Å². The molecule has 0 N–H and O–H groups in total. The van der Waals surface area contributed by atoms with Crippen LogP contribution in [0.5, 0.6) is 0 Å². The fourth-order valence-corrected chi connectivity index (χ4v) is 4.85. The molecule has 0 aliphatic carbocycles. The van der Waals surface area contributed by atoms with Crippen molar-refractivity contribution < 1.29 is 4.42 Å². The predicted octanol–water partition coefficient (Wildman–Crippen LogP) is 9.04. The monoisotopic (exact) mass is 474 g/mol. The van der Waals surface area contributed by atoms with Gasteiger partial charge in [0.15, 0.2) is 5.58 Å². The van der Waals surface area contributed by atoms with Crippen LogP contribution in [0.25, 0.3) is 67.0 Å². The van der Waals surface area contributed by atoms with Gasteiger partial charge in [0, 0.05) is 16.5 Å². The summed E-state index contributed by atoms with van der Waals surface area (Å²) in [6.07, 6.45) is 0. The number of aromatic nitrogens is 2. The molecular weight excluding hydrogens is 452 g/mol. The Bertz CT molecular complexity index is 1840. The van der Waals surface area contributed by atoms with E-state index in [2.05, 4.69) is 78.9 Å². The maximum atomic E-state index is 6.08. The van der Waals surface area contributed by atoms with E-state index in [1.54, 1.807) is 0 Å². The van der Waals surface area contributed by atoms with E-state index in [1.807, 2.05) is 54.6 Å². The summed E-state index contributed by atoms with van der Waals surface area (Å²) in [6.45, 7) is 0. The maximum absolute atomic E-state index is 6.08. The first-order valence-corrected chi connectivity index (χ1v) is 12.3. The molecule has 0 bridgehead atoms. The third kappa shape index (κ3) is 3.97. The minimum absolute atomic E-state index is 0.620. The largest absolute Gasteiger partial charge is 0.436 e. The lowest BCUT2D eigenvalue weighted by molar-refractivity contribution is 0.620. The Kier molecular flexibility index (Phi) is 5.11. The number of hydrogen-bond acceptors (Lipinski definition) is 3. The van der Waals surface area contributed by atoms with Gasteiger partial charge in [-0.3, -0.25) is 0 Å². The number of oxazole rings is 1. The van der Waals surface area contributed by atoms with Crippen LogP contribution in [0, 0.1) is 0 Å². The van der Waals surface area contributed by atoms with E-state index in [1.165, 1.54) is 11.1 Å². The number of rotatable bonds is 4. The average molecular weight is 475 g/mol. The Morgan fingerprint density at radius 1 is 0.432 bits per heavy atom. The molecular formula is C34H22N2O. The minimum Gasteiger partial charge on any atom is -0.436 e. The standard InChI is InChI=1S/C34H22N2O/c1-3-10-23(11-4-1)25-18-19-30-29(21-25)28(22-32(35-30)24-12-5-2-6-13-24)26-14-9-15-27(20-26)34-36-31-16-7-8-17-33(31)37-34/h1-22H. The Morgan fingerprint density at radius 2 is 1.14 bits per heavy atom. The molecule has 7 aromatic rings. The zero-order valence-electron chi connectivity index (χ0n) is 20.0. The predicted molar refractivity (Wildman–Crippen MR) is 151 cm³/mol. The van der Waals surface area contributed by atoms with E-state index in [9.17, 15) is 0 Å². The Balaban J connectivity index is 1.44. The molecule has 37 heavy (non-hydrogen) atoms. The molecule has 0 spiro atoms. The first-order chi connectivity index (χ1) is 18.3. The van der Waals surface area contributed by atoms with Crippen molar-refractivity contribution in [2.45, 2.75) is 0 Å². The second-order valence-electron chi connectivity index (χ2n) is 9.09. The van der Waals surface area contributed by atoms with Gasteiger partial charge in [0.2, 0.25) is 5.89 Å². The Hall–Kier alpha value is -5.02. The highest BCUT2D eigenvalue weighted by Gasteiger charge is 2.14. The molecule has 5 aromatic carbocycles. The van der Waals surface area contributed by atoms with E-state index in [4.69, 9.17) is 14.4 Å². The molecule has 7 rings (SSSR count). The lowest BCUT2D eigenvalue weighted by Crippen LogP contribution is -1.91. The van der Waals surface area contributed by atoms with Crippen LogP contribution in [0.4, 0.5) is 0 Å². The van der Waals surface area contributed by atoms with E-state index < -0.39 is 0 Å². The summed E-state index contributed by atoms with van der Waals surface area (Å²) >= 11 is 0. The van der Waals surface area contributed by atoms with Crippen LogP contribution in [-0.4, -0.2) is 9.97 Å². The van der Waals surface area contributed by atoms with Crippen molar-refractivity contribution in [1.82, 2.24) is 9.97 Å². The number of nitrogens with zero attached hydrogens (tertiary/aromatic N) is 2. The summed E-state index contributed by atoms with van der Waals surface area (Å²) in [4.78, 5) is 9.76. The Labute approximate surface area is 214 Å². The molecule has 3 heteroatoms. The zero-order valence-corrected chi connectivity index (χ0v) is 20.0. The molecule has 0 aliphatic heterocycles. The first-order valence-electron chi connectivity index (χ1n) is 12.3. The molecule has 0 saturated heterocycles. The van der Waals surface area contributed by atoms with Crippen molar-refractivity contribution in [2.24, 2.45) is 0 Å². The van der Waals surface area contributed by atoms with E-state index in [0.717, 1.165) is 50.0 Å². The zero-order chi connectivity index (χ0) is 24.6. The summed E-state index contributed by atoms with van der Waals surface area (Å²) < 4.78 is 6.08. The summed E-state index contributed by atoms with van der Waals surface area (Å²) in [5.74, 6) is 0.620. The minimum atomic E-state index is 0.620. The van der Waals surface area contributed by atoms with Crippen LogP contribution >= 0.6 is 0 Å². The van der Waals surface area contributed by atoms with Crippen molar-refractivity contribution >= 4 is 22.0 Å². The lowest BCUT2D eigenvalue weighted by Gasteiger charge is -2.13. The molecule has 0 aliphatic rings. The van der Waals surface area contributed by atoms with Crippen LogP contribution in [0.3, 0.4) is 0 Å². The van der Waals surface area contributed by atoms with Gasteiger partial charge >= 0.3 is 0 Å². The molecule has 3 nitrogen and oxygen atoms in total. The maximum Gasteiger partial charge on any atom is 0.227 e. The van der Waals surface area contributed by atoms with Crippen LogP contribution in [0.2, 0.25) is 0 Å². The number of para-hydroxylation sites is 2. The van der Waals surface area contributed by atoms with Gasteiger partial charge in [-0.1, -0.05) is 91.0 Å². The van der Waals surface area contributed by atoms with Crippen LogP contribution in [0.1, 0.15) is 0 Å². The summed E-state index contributed by atoms with van der Waals surface area (Å²) in [5, 5.41) is 1.11. The molecule has 0 saturated carbocycles. The van der Waals surface area contributed by atoms with E-state index >= 15 is 0 Å². The first kappa shape index (κ1) is 21.3. The topological polar surface area (TPSA) is 38.9 Å². The fourth-order valence-electron chi connectivity index (χ4n) is 4.85. The molecule has 174 valence electrons. The molecule has 2 aromatic heterocycles. The van der Waals surface area contributed by atoms with Gasteiger partial charge in [-0.05, 0) is 64.7 Å². The third-order valence-electron chi connectivity index (χ3n) is 6.70. The van der Waals surface area contributed by atoms with Crippen molar-refractivity contribution in [3.05, 3.63) is 133 Å². The van der Waals surface area contributed by atoms with E-state index in [0.29, 0.717) is 5.89 Å². The second kappa shape index (κ2) is 8.89. The smallest absolute Gasteiger partial charge is 0.227 e. The Morgan fingerprint density at radius 3 is 1.95 bits per heavy atom. The van der Waals surface area contributed by atoms with Gasteiger partial charge in [-0.2, -0.15) is 0 Å². The lowest BCUT2D eigenvalue weighted by atomic mass is 9.94. The molecule has 0 radical (unpaired) electrons. The normalized spacial score (nSPS) is 11.2. The van der Waals surface area contributed by atoms with Gasteiger partial charge in [-0.15, -0.1) is 0 Å². The molecule has 0 unspecified atom stereocenters. The number of hydrogen-bond donors (Lipinski definition) is 0. The van der Waals surface area contributed by atoms with Crippen LogP contribution in [0.15, 0.2) is 138 Å². The van der Waals surface area contributed by atoms with Gasteiger partial charge in [-0.25, -0.2) is 9.97 Å². The second-order valence-corrected chi connectivity index (χ2v) is 9.09. The van der Waals surface area contributed by atoms with Crippen LogP contribution in [-0.2, 0) is 0 Å². The molecule has 0 fully saturated rings. The highest BCUT2D eigenvalue weighted by atomic mass is 16.3. The number of pyridine rings is 1. The van der Waals surface area contributed by atoms with Gasteiger partial charge in [0.05, 0.1) is 11.2 Å². The van der Waals surface area contributed by atoms with Crippen molar-refractivity contribution in [2.75, 3.05) is 0 Å². The molecule has 0 amide bonds. The van der Waals surface area contributed by atoms with Crippen molar-refractivity contribution in [3.8, 4) is 45.0 Å². The van der Waals surface area contributed by atoms with E-state index in [-0.39, 0.29) is 0 Å². The highest BCUT2D eigenvalue weighted by molar-refractivity contribution is 5.99. The number of benzene rings is 5. The van der Waals surface area contributed by atoms with Crippen molar-refractivity contribution in [1.29, 1.82) is 0 Å². The molecule has 0 atom stereocenters. The summed E-state index contributed by atoms with van der Waals surface area (Å²) in [7, 11) is 0. The SMILES string of the molecule is c1ccc(-c2ccc3nc(-c4ccccc4)cc(-c4cccc(-c5nc6ccccc6o5)c4)c3c2)cc1. The highest BCUT2D eigenvalue weighted by Crippen LogP contribution is 2.36. The van der Waals surface area contributed by atoms with Crippen molar-refractivity contribution in [3.63, 3.8) is 0 Å².